The van der Waals surface area contributed by atoms with Gasteiger partial charge in [0.05, 0.1) is 11.5 Å². The number of ether oxygens (including phenoxy) is 1. The summed E-state index contributed by atoms with van der Waals surface area (Å²) in [5.74, 6) is 1.90. The first-order valence-electron chi connectivity index (χ1n) is 8.60. The molecule has 2 atom stereocenters. The molecule has 0 aromatic heterocycles. The molecule has 2 unspecified atom stereocenters. The van der Waals surface area contributed by atoms with Crippen LogP contribution in [0.2, 0.25) is 0 Å². The monoisotopic (exact) mass is 295 g/mol. The zero-order chi connectivity index (χ0) is 15.8. The van der Waals surface area contributed by atoms with Gasteiger partial charge in [0.25, 0.3) is 0 Å². The van der Waals surface area contributed by atoms with Gasteiger partial charge in [-0.05, 0) is 71.9 Å². The molecule has 0 N–H and O–H groups in total. The Bertz CT molecular complexity index is 387. The van der Waals surface area contributed by atoms with Crippen molar-refractivity contribution in [1.82, 2.24) is 4.90 Å². The fourth-order valence-corrected chi connectivity index (χ4v) is 4.11. The van der Waals surface area contributed by atoms with Crippen molar-refractivity contribution in [2.24, 2.45) is 17.8 Å². The standard InChI is InChI=1S/C18H33NO2/c1-13(2)14-8-7-10-19(11-9-14)12-15-16(20)18(5,6)21-17(15,3)4/h13-15H,7-12H2,1-6H3. The van der Waals surface area contributed by atoms with Crippen molar-refractivity contribution < 1.29 is 9.53 Å². The molecule has 0 aromatic carbocycles. The van der Waals surface area contributed by atoms with Crippen molar-refractivity contribution >= 4 is 5.78 Å². The molecule has 21 heavy (non-hydrogen) atoms. The summed E-state index contributed by atoms with van der Waals surface area (Å²) in [6.45, 7) is 15.7. The van der Waals surface area contributed by atoms with Crippen LogP contribution in [0.15, 0.2) is 0 Å². The molecule has 2 fully saturated rings. The van der Waals surface area contributed by atoms with Crippen LogP contribution in [0.3, 0.4) is 0 Å². The summed E-state index contributed by atoms with van der Waals surface area (Å²) in [5, 5.41) is 0. The van der Waals surface area contributed by atoms with Gasteiger partial charge in [0.1, 0.15) is 5.60 Å². The summed E-state index contributed by atoms with van der Waals surface area (Å²) >= 11 is 0. The first kappa shape index (κ1) is 17.0. The second kappa shape index (κ2) is 6.00. The normalized spacial score (nSPS) is 33.4. The molecule has 2 heterocycles. The molecule has 2 aliphatic rings. The topological polar surface area (TPSA) is 29.5 Å². The van der Waals surface area contributed by atoms with Crippen LogP contribution in [0.5, 0.6) is 0 Å². The zero-order valence-electron chi connectivity index (χ0n) is 14.7. The van der Waals surface area contributed by atoms with Gasteiger partial charge < -0.3 is 9.64 Å². The molecular weight excluding hydrogens is 262 g/mol. The summed E-state index contributed by atoms with van der Waals surface area (Å²) in [4.78, 5) is 15.1. The van der Waals surface area contributed by atoms with Gasteiger partial charge in [-0.2, -0.15) is 0 Å². The summed E-state index contributed by atoms with van der Waals surface area (Å²) in [7, 11) is 0. The van der Waals surface area contributed by atoms with Gasteiger partial charge in [0.2, 0.25) is 0 Å². The lowest BCUT2D eigenvalue weighted by Gasteiger charge is -2.30. The average Bonchev–Trinajstić information content (AvgIpc) is 2.54. The minimum atomic E-state index is -0.625. The molecule has 3 nitrogen and oxygen atoms in total. The summed E-state index contributed by atoms with van der Waals surface area (Å²) in [6.07, 6.45) is 3.86. The highest BCUT2D eigenvalue weighted by Crippen LogP contribution is 2.39. The quantitative estimate of drug-likeness (QED) is 0.798. The predicted molar refractivity (Wildman–Crippen MR) is 86.4 cm³/mol. The molecule has 2 rings (SSSR count). The molecule has 2 saturated heterocycles. The Morgan fingerprint density at radius 3 is 2.38 bits per heavy atom. The second-order valence-electron chi connectivity index (χ2n) is 8.37. The highest BCUT2D eigenvalue weighted by molar-refractivity contribution is 5.91. The highest BCUT2D eigenvalue weighted by atomic mass is 16.5. The number of nitrogens with zero attached hydrogens (tertiary/aromatic N) is 1. The van der Waals surface area contributed by atoms with E-state index in [9.17, 15) is 4.79 Å². The van der Waals surface area contributed by atoms with Crippen LogP contribution in [0, 0.1) is 17.8 Å². The number of rotatable bonds is 3. The lowest BCUT2D eigenvalue weighted by Crippen LogP contribution is -2.41. The Balaban J connectivity index is 2.00. The van der Waals surface area contributed by atoms with Crippen LogP contribution >= 0.6 is 0 Å². The summed E-state index contributed by atoms with van der Waals surface area (Å²) < 4.78 is 6.02. The number of hydrogen-bond acceptors (Lipinski definition) is 3. The van der Waals surface area contributed by atoms with E-state index in [2.05, 4.69) is 32.6 Å². The fraction of sp³-hybridized carbons (Fsp3) is 0.944. The molecule has 2 aliphatic heterocycles. The first-order chi connectivity index (χ1) is 9.63. The van der Waals surface area contributed by atoms with Gasteiger partial charge in [0, 0.05) is 6.54 Å². The van der Waals surface area contributed by atoms with Crippen LogP contribution in [0.4, 0.5) is 0 Å². The average molecular weight is 295 g/mol. The third-order valence-electron chi connectivity index (χ3n) is 5.52. The van der Waals surface area contributed by atoms with E-state index in [1.54, 1.807) is 0 Å². The van der Waals surface area contributed by atoms with Crippen LogP contribution in [0.1, 0.15) is 60.8 Å². The maximum absolute atomic E-state index is 12.6. The van der Waals surface area contributed by atoms with Gasteiger partial charge in [-0.25, -0.2) is 0 Å². The number of carbonyl (C=O) groups is 1. The molecule has 0 saturated carbocycles. The lowest BCUT2D eigenvalue weighted by molar-refractivity contribution is -0.132. The molecule has 0 aromatic rings. The first-order valence-corrected chi connectivity index (χ1v) is 8.60. The van der Waals surface area contributed by atoms with Gasteiger partial charge in [-0.15, -0.1) is 0 Å². The van der Waals surface area contributed by atoms with Crippen molar-refractivity contribution in [2.45, 2.75) is 72.0 Å². The fourth-order valence-electron chi connectivity index (χ4n) is 4.11. The number of hydrogen-bond donors (Lipinski definition) is 0. The van der Waals surface area contributed by atoms with E-state index in [-0.39, 0.29) is 17.3 Å². The second-order valence-corrected chi connectivity index (χ2v) is 8.37. The van der Waals surface area contributed by atoms with E-state index < -0.39 is 5.60 Å². The molecular formula is C18H33NO2. The minimum Gasteiger partial charge on any atom is -0.361 e. The van der Waals surface area contributed by atoms with E-state index in [0.29, 0.717) is 0 Å². The molecule has 0 amide bonds. The lowest BCUT2D eigenvalue weighted by atomic mass is 9.85. The molecule has 3 heteroatoms. The van der Waals surface area contributed by atoms with Crippen LogP contribution < -0.4 is 0 Å². The Labute approximate surface area is 130 Å². The largest absolute Gasteiger partial charge is 0.361 e. The number of likely N-dealkylation sites (tertiary alicyclic amines) is 1. The minimum absolute atomic E-state index is 0.00287. The highest BCUT2D eigenvalue weighted by Gasteiger charge is 2.53. The third-order valence-corrected chi connectivity index (χ3v) is 5.52. The molecule has 0 radical (unpaired) electrons. The smallest absolute Gasteiger partial charge is 0.171 e. The van der Waals surface area contributed by atoms with Crippen LogP contribution in [-0.2, 0) is 9.53 Å². The van der Waals surface area contributed by atoms with Crippen molar-refractivity contribution in [1.29, 1.82) is 0 Å². The molecule has 122 valence electrons. The van der Waals surface area contributed by atoms with E-state index in [1.807, 2.05) is 13.8 Å². The van der Waals surface area contributed by atoms with E-state index >= 15 is 0 Å². The van der Waals surface area contributed by atoms with E-state index in [1.165, 1.54) is 19.3 Å². The third kappa shape index (κ3) is 3.68. The van der Waals surface area contributed by atoms with Crippen LogP contribution in [0.25, 0.3) is 0 Å². The Kier molecular flexibility index (Phi) is 4.84. The predicted octanol–water partition coefficient (Wildman–Crippen LogP) is 3.52. The van der Waals surface area contributed by atoms with Gasteiger partial charge in [-0.1, -0.05) is 13.8 Å². The Morgan fingerprint density at radius 2 is 1.86 bits per heavy atom. The maximum atomic E-state index is 12.6. The van der Waals surface area contributed by atoms with Gasteiger partial charge in [-0.3, -0.25) is 4.79 Å². The van der Waals surface area contributed by atoms with Crippen molar-refractivity contribution in [3.63, 3.8) is 0 Å². The zero-order valence-corrected chi connectivity index (χ0v) is 14.7. The number of carbonyl (C=O) groups excluding carboxylic acids is 1. The van der Waals surface area contributed by atoms with Gasteiger partial charge in [0.15, 0.2) is 5.78 Å². The SMILES string of the molecule is CC(C)C1CCCN(CC2C(=O)C(C)(C)OC2(C)C)CC1. The summed E-state index contributed by atoms with van der Waals surface area (Å²) in [5.41, 5.74) is -0.967. The van der Waals surface area contributed by atoms with Crippen molar-refractivity contribution in [3.05, 3.63) is 0 Å². The van der Waals surface area contributed by atoms with Crippen molar-refractivity contribution in [2.75, 3.05) is 19.6 Å². The van der Waals surface area contributed by atoms with E-state index in [0.717, 1.165) is 31.5 Å². The molecule has 0 spiro atoms. The maximum Gasteiger partial charge on any atom is 0.171 e. The van der Waals surface area contributed by atoms with Gasteiger partial charge >= 0.3 is 0 Å². The molecule has 0 aliphatic carbocycles. The molecule has 0 bridgehead atoms. The van der Waals surface area contributed by atoms with Crippen molar-refractivity contribution in [3.8, 4) is 0 Å². The Hall–Kier alpha value is -0.410. The number of Topliss-reactive ketones (excluding diaryl/α,β-unsaturated/α-hetero) is 1. The Morgan fingerprint density at radius 1 is 1.19 bits per heavy atom. The number of ketones is 1. The van der Waals surface area contributed by atoms with Crippen LogP contribution in [-0.4, -0.2) is 41.5 Å². The summed E-state index contributed by atoms with van der Waals surface area (Å²) in [6, 6.07) is 0. The van der Waals surface area contributed by atoms with E-state index in [4.69, 9.17) is 4.74 Å².